The van der Waals surface area contributed by atoms with Crippen LogP contribution in [-0.4, -0.2) is 47.0 Å². The van der Waals surface area contributed by atoms with Crippen LogP contribution < -0.4 is 4.90 Å². The number of halogens is 1. The zero-order chi connectivity index (χ0) is 17.9. The molecule has 2 aromatic rings. The van der Waals surface area contributed by atoms with Crippen molar-refractivity contribution in [2.75, 3.05) is 31.1 Å². The molecule has 26 heavy (non-hydrogen) atoms. The monoisotopic (exact) mass is 370 g/mol. The van der Waals surface area contributed by atoms with Crippen molar-refractivity contribution < 1.29 is 4.79 Å². The molecule has 1 aliphatic heterocycles. The second kappa shape index (κ2) is 7.62. The van der Waals surface area contributed by atoms with Gasteiger partial charge in [-0.3, -0.25) is 4.79 Å². The van der Waals surface area contributed by atoms with Crippen molar-refractivity contribution in [1.82, 2.24) is 14.9 Å². The summed E-state index contributed by atoms with van der Waals surface area (Å²) in [6.45, 7) is 3.03. The van der Waals surface area contributed by atoms with E-state index in [2.05, 4.69) is 22.0 Å². The number of piperazine rings is 1. The molecule has 136 valence electrons. The second-order valence-corrected chi connectivity index (χ2v) is 7.42. The van der Waals surface area contributed by atoms with E-state index in [0.717, 1.165) is 57.1 Å². The molecule has 2 heterocycles. The van der Waals surface area contributed by atoms with Gasteiger partial charge >= 0.3 is 0 Å². The van der Waals surface area contributed by atoms with E-state index in [-0.39, 0.29) is 5.91 Å². The maximum absolute atomic E-state index is 12.5. The van der Waals surface area contributed by atoms with Gasteiger partial charge in [0.1, 0.15) is 16.8 Å². The molecular formula is C20H23ClN4O. The topological polar surface area (TPSA) is 49.3 Å². The van der Waals surface area contributed by atoms with Crippen LogP contribution in [0.2, 0.25) is 5.15 Å². The summed E-state index contributed by atoms with van der Waals surface area (Å²) >= 11 is 6.18. The van der Waals surface area contributed by atoms with Crippen molar-refractivity contribution in [2.24, 2.45) is 0 Å². The average Bonchev–Trinajstić information content (AvgIpc) is 3.52. The van der Waals surface area contributed by atoms with E-state index in [1.165, 1.54) is 5.56 Å². The van der Waals surface area contributed by atoms with Crippen LogP contribution in [0.3, 0.4) is 0 Å². The third-order valence-electron chi connectivity index (χ3n) is 5.07. The first kappa shape index (κ1) is 17.3. The molecule has 1 aromatic heterocycles. The number of rotatable bonds is 5. The Morgan fingerprint density at radius 1 is 1.08 bits per heavy atom. The molecule has 1 saturated heterocycles. The molecule has 0 spiro atoms. The first-order valence-electron chi connectivity index (χ1n) is 9.30. The third-order valence-corrected chi connectivity index (χ3v) is 5.26. The highest BCUT2D eigenvalue weighted by atomic mass is 35.5. The Morgan fingerprint density at radius 3 is 2.50 bits per heavy atom. The normalized spacial score (nSPS) is 17.4. The lowest BCUT2D eigenvalue weighted by Gasteiger charge is -2.35. The molecule has 0 bridgehead atoms. The van der Waals surface area contributed by atoms with E-state index in [9.17, 15) is 4.79 Å². The predicted molar refractivity (Wildman–Crippen MR) is 103 cm³/mol. The number of aromatic nitrogens is 2. The SMILES string of the molecule is O=C(CCc1ccccc1)N1CCN(c2cc(Cl)nc(C3CC3)n2)CC1. The molecule has 1 amide bonds. The fourth-order valence-electron chi connectivity index (χ4n) is 3.35. The van der Waals surface area contributed by atoms with Gasteiger partial charge in [-0.25, -0.2) is 9.97 Å². The molecular weight excluding hydrogens is 348 g/mol. The van der Waals surface area contributed by atoms with Crippen molar-refractivity contribution in [2.45, 2.75) is 31.6 Å². The zero-order valence-electron chi connectivity index (χ0n) is 14.8. The highest BCUT2D eigenvalue weighted by Gasteiger charge is 2.28. The fourth-order valence-corrected chi connectivity index (χ4v) is 3.53. The van der Waals surface area contributed by atoms with Crippen molar-refractivity contribution >= 4 is 23.3 Å². The van der Waals surface area contributed by atoms with Crippen LogP contribution in [0.15, 0.2) is 36.4 Å². The van der Waals surface area contributed by atoms with Gasteiger partial charge in [-0.2, -0.15) is 0 Å². The maximum Gasteiger partial charge on any atom is 0.223 e. The summed E-state index contributed by atoms with van der Waals surface area (Å²) < 4.78 is 0. The first-order chi connectivity index (χ1) is 12.7. The Kier molecular flexibility index (Phi) is 5.07. The third kappa shape index (κ3) is 4.15. The van der Waals surface area contributed by atoms with Gasteiger partial charge in [0, 0.05) is 44.6 Å². The highest BCUT2D eigenvalue weighted by molar-refractivity contribution is 6.29. The molecule has 1 aliphatic carbocycles. The van der Waals surface area contributed by atoms with Crippen LogP contribution in [0.25, 0.3) is 0 Å². The molecule has 0 atom stereocenters. The van der Waals surface area contributed by atoms with Gasteiger partial charge in [-0.1, -0.05) is 41.9 Å². The first-order valence-corrected chi connectivity index (χ1v) is 9.68. The zero-order valence-corrected chi connectivity index (χ0v) is 15.5. The van der Waals surface area contributed by atoms with E-state index in [1.807, 2.05) is 29.2 Å². The fraction of sp³-hybridized carbons (Fsp3) is 0.450. The second-order valence-electron chi connectivity index (χ2n) is 7.03. The maximum atomic E-state index is 12.5. The van der Waals surface area contributed by atoms with Crippen LogP contribution >= 0.6 is 11.6 Å². The molecule has 2 fully saturated rings. The Morgan fingerprint density at radius 2 is 1.81 bits per heavy atom. The van der Waals surface area contributed by atoms with Crippen LogP contribution in [0, 0.1) is 0 Å². The summed E-state index contributed by atoms with van der Waals surface area (Å²) in [6.07, 6.45) is 3.67. The lowest BCUT2D eigenvalue weighted by molar-refractivity contribution is -0.131. The Balaban J connectivity index is 1.32. The van der Waals surface area contributed by atoms with Crippen molar-refractivity contribution in [1.29, 1.82) is 0 Å². The van der Waals surface area contributed by atoms with Crippen molar-refractivity contribution in [3.63, 3.8) is 0 Å². The van der Waals surface area contributed by atoms with Crippen LogP contribution in [0.4, 0.5) is 5.82 Å². The van der Waals surface area contributed by atoms with E-state index in [1.54, 1.807) is 0 Å². The lowest BCUT2D eigenvalue weighted by Crippen LogP contribution is -2.49. The largest absolute Gasteiger partial charge is 0.353 e. The minimum absolute atomic E-state index is 0.230. The molecule has 6 heteroatoms. The predicted octanol–water partition coefficient (Wildman–Crippen LogP) is 3.29. The molecule has 2 aliphatic rings. The molecule has 0 N–H and O–H groups in total. The van der Waals surface area contributed by atoms with Gasteiger partial charge in [0.15, 0.2) is 0 Å². The standard InChI is InChI=1S/C20H23ClN4O/c21-17-14-18(23-20(22-17)16-7-8-16)24-10-12-25(13-11-24)19(26)9-6-15-4-2-1-3-5-15/h1-5,14,16H,6-13H2. The van der Waals surface area contributed by atoms with Gasteiger partial charge in [0.2, 0.25) is 5.91 Å². The summed E-state index contributed by atoms with van der Waals surface area (Å²) in [5.74, 6) is 2.47. The number of aryl methyl sites for hydroxylation is 1. The number of hydrogen-bond donors (Lipinski definition) is 0. The molecule has 1 aromatic carbocycles. The highest BCUT2D eigenvalue weighted by Crippen LogP contribution is 2.39. The van der Waals surface area contributed by atoms with Crippen LogP contribution in [0.5, 0.6) is 0 Å². The summed E-state index contributed by atoms with van der Waals surface area (Å²) in [6, 6.07) is 12.0. The van der Waals surface area contributed by atoms with Gasteiger partial charge in [0.25, 0.3) is 0 Å². The Labute approximate surface area is 159 Å². The summed E-state index contributed by atoms with van der Waals surface area (Å²) in [5, 5.41) is 0.512. The Hall–Kier alpha value is -2.14. The van der Waals surface area contributed by atoms with Gasteiger partial charge in [-0.05, 0) is 24.8 Å². The lowest BCUT2D eigenvalue weighted by atomic mass is 10.1. The molecule has 5 nitrogen and oxygen atoms in total. The van der Waals surface area contributed by atoms with Gasteiger partial charge in [0.05, 0.1) is 0 Å². The number of benzene rings is 1. The molecule has 0 radical (unpaired) electrons. The summed E-state index contributed by atoms with van der Waals surface area (Å²) in [5.41, 5.74) is 1.21. The van der Waals surface area contributed by atoms with Crippen LogP contribution in [0.1, 0.15) is 36.6 Å². The molecule has 4 rings (SSSR count). The van der Waals surface area contributed by atoms with Crippen molar-refractivity contribution in [3.05, 3.63) is 52.9 Å². The van der Waals surface area contributed by atoms with E-state index >= 15 is 0 Å². The number of amides is 1. The van der Waals surface area contributed by atoms with Gasteiger partial charge < -0.3 is 9.80 Å². The minimum atomic E-state index is 0.230. The summed E-state index contributed by atoms with van der Waals surface area (Å²) in [7, 11) is 0. The minimum Gasteiger partial charge on any atom is -0.353 e. The number of hydrogen-bond acceptors (Lipinski definition) is 4. The summed E-state index contributed by atoms with van der Waals surface area (Å²) in [4.78, 5) is 25.7. The van der Waals surface area contributed by atoms with E-state index < -0.39 is 0 Å². The van der Waals surface area contributed by atoms with Gasteiger partial charge in [-0.15, -0.1) is 0 Å². The number of anilines is 1. The number of carbonyl (C=O) groups is 1. The smallest absolute Gasteiger partial charge is 0.223 e. The Bertz CT molecular complexity index is 771. The molecule has 0 unspecified atom stereocenters. The van der Waals surface area contributed by atoms with E-state index in [4.69, 9.17) is 16.6 Å². The molecule has 1 saturated carbocycles. The van der Waals surface area contributed by atoms with Crippen LogP contribution in [-0.2, 0) is 11.2 Å². The number of carbonyl (C=O) groups excluding carboxylic acids is 1. The van der Waals surface area contributed by atoms with Crippen molar-refractivity contribution in [3.8, 4) is 0 Å². The quantitative estimate of drug-likeness (QED) is 0.758. The van der Waals surface area contributed by atoms with E-state index in [0.29, 0.717) is 17.5 Å². The number of nitrogens with zero attached hydrogens (tertiary/aromatic N) is 4. The average molecular weight is 371 g/mol.